The summed E-state index contributed by atoms with van der Waals surface area (Å²) in [5.74, 6) is 0.816. The van der Waals surface area contributed by atoms with Gasteiger partial charge in [-0.05, 0) is 42.3 Å². The van der Waals surface area contributed by atoms with E-state index < -0.39 is 0 Å². The van der Waals surface area contributed by atoms with E-state index in [9.17, 15) is 0 Å². The summed E-state index contributed by atoms with van der Waals surface area (Å²) in [5.41, 5.74) is 1.35. The maximum atomic E-state index is 4.15. The summed E-state index contributed by atoms with van der Waals surface area (Å²) in [7, 11) is 0. The van der Waals surface area contributed by atoms with Gasteiger partial charge in [0.05, 0.1) is 0 Å². The lowest BCUT2D eigenvalue weighted by Gasteiger charge is -2.14. The van der Waals surface area contributed by atoms with Crippen molar-refractivity contribution in [3.8, 4) is 0 Å². The average Bonchev–Trinajstić information content (AvgIpc) is 2.44. The van der Waals surface area contributed by atoms with Crippen molar-refractivity contribution >= 4 is 10.8 Å². The van der Waals surface area contributed by atoms with E-state index in [2.05, 4.69) is 55.3 Å². The van der Waals surface area contributed by atoms with Crippen LogP contribution in [-0.2, 0) is 6.54 Å². The second-order valence-electron chi connectivity index (χ2n) is 6.16. The molecule has 2 heteroatoms. The maximum Gasteiger partial charge on any atom is 0.0346 e. The van der Waals surface area contributed by atoms with Crippen LogP contribution in [0.4, 0.5) is 0 Å². The Bertz CT molecular complexity index is 534. The predicted octanol–water partition coefficient (Wildman–Crippen LogP) is 4.54. The number of nitrogens with zero attached hydrogens (tertiary/aromatic N) is 1. The molecule has 1 aromatic carbocycles. The van der Waals surface area contributed by atoms with Crippen LogP contribution in [-0.4, -0.2) is 11.0 Å². The molecule has 0 spiro atoms. The zero-order chi connectivity index (χ0) is 14.4. The van der Waals surface area contributed by atoms with Gasteiger partial charge in [0.1, 0.15) is 0 Å². The van der Waals surface area contributed by atoms with Crippen LogP contribution in [0.15, 0.2) is 36.7 Å². The molecule has 1 unspecified atom stereocenters. The van der Waals surface area contributed by atoms with Gasteiger partial charge in [-0.2, -0.15) is 0 Å². The van der Waals surface area contributed by atoms with Gasteiger partial charge in [-0.1, -0.05) is 38.8 Å². The summed E-state index contributed by atoms with van der Waals surface area (Å²) in [6.45, 7) is 7.82. The number of nitrogens with one attached hydrogen (secondary N) is 1. The van der Waals surface area contributed by atoms with Crippen molar-refractivity contribution in [2.24, 2.45) is 5.92 Å². The second kappa shape index (κ2) is 7.39. The summed E-state index contributed by atoms with van der Waals surface area (Å²) in [6, 6.07) is 9.26. The SMILES string of the molecule is CC(C)CCCC(C)NCc1ccc2cnccc2c1. The molecule has 2 nitrogen and oxygen atoms in total. The van der Waals surface area contributed by atoms with E-state index in [0.717, 1.165) is 12.5 Å². The van der Waals surface area contributed by atoms with Gasteiger partial charge >= 0.3 is 0 Å². The fourth-order valence-corrected chi connectivity index (χ4v) is 2.47. The Balaban J connectivity index is 1.83. The number of rotatable bonds is 7. The molecule has 0 saturated heterocycles. The first kappa shape index (κ1) is 15.0. The third-order valence-electron chi connectivity index (χ3n) is 3.78. The Kier molecular flexibility index (Phi) is 5.54. The van der Waals surface area contributed by atoms with Gasteiger partial charge in [-0.25, -0.2) is 0 Å². The molecule has 0 saturated carbocycles. The largest absolute Gasteiger partial charge is 0.310 e. The first-order chi connectivity index (χ1) is 9.65. The quantitative estimate of drug-likeness (QED) is 0.799. The molecule has 0 bridgehead atoms. The highest BCUT2D eigenvalue weighted by atomic mass is 14.9. The first-order valence-electron chi connectivity index (χ1n) is 7.71. The van der Waals surface area contributed by atoms with Crippen LogP contribution in [0, 0.1) is 5.92 Å². The zero-order valence-corrected chi connectivity index (χ0v) is 12.9. The Morgan fingerprint density at radius 1 is 1.05 bits per heavy atom. The van der Waals surface area contributed by atoms with Gasteiger partial charge < -0.3 is 5.32 Å². The number of pyridine rings is 1. The van der Waals surface area contributed by atoms with Crippen molar-refractivity contribution in [3.63, 3.8) is 0 Å². The number of hydrogen-bond donors (Lipinski definition) is 1. The van der Waals surface area contributed by atoms with Crippen molar-refractivity contribution in [3.05, 3.63) is 42.2 Å². The average molecular weight is 270 g/mol. The molecular formula is C18H26N2. The molecule has 1 heterocycles. The molecule has 2 aromatic rings. The zero-order valence-electron chi connectivity index (χ0n) is 12.9. The van der Waals surface area contributed by atoms with Gasteiger partial charge in [0.25, 0.3) is 0 Å². The van der Waals surface area contributed by atoms with Crippen molar-refractivity contribution < 1.29 is 0 Å². The topological polar surface area (TPSA) is 24.9 Å². The van der Waals surface area contributed by atoms with E-state index in [1.54, 1.807) is 0 Å². The van der Waals surface area contributed by atoms with Crippen LogP contribution in [0.2, 0.25) is 0 Å². The molecule has 0 amide bonds. The van der Waals surface area contributed by atoms with Crippen LogP contribution in [0.5, 0.6) is 0 Å². The minimum atomic E-state index is 0.585. The summed E-state index contributed by atoms with van der Waals surface area (Å²) >= 11 is 0. The van der Waals surface area contributed by atoms with E-state index in [1.807, 2.05) is 12.4 Å². The lowest BCUT2D eigenvalue weighted by molar-refractivity contribution is 0.457. The third kappa shape index (κ3) is 4.61. The number of benzene rings is 1. The van der Waals surface area contributed by atoms with Crippen LogP contribution < -0.4 is 5.32 Å². The van der Waals surface area contributed by atoms with Crippen molar-refractivity contribution in [2.45, 2.75) is 52.6 Å². The highest BCUT2D eigenvalue weighted by Gasteiger charge is 2.03. The molecule has 0 fully saturated rings. The molecular weight excluding hydrogens is 244 g/mol. The standard InChI is InChI=1S/C18H26N2/c1-14(2)5-4-6-15(3)20-12-16-7-8-18-13-19-10-9-17(18)11-16/h7-11,13-15,20H,4-6,12H2,1-3H3. The molecule has 20 heavy (non-hydrogen) atoms. The Labute approximate surface area is 122 Å². The molecule has 108 valence electrons. The highest BCUT2D eigenvalue weighted by Crippen LogP contribution is 2.15. The number of aromatic nitrogens is 1. The number of hydrogen-bond acceptors (Lipinski definition) is 2. The summed E-state index contributed by atoms with van der Waals surface area (Å²) in [4.78, 5) is 4.15. The van der Waals surface area contributed by atoms with E-state index in [0.29, 0.717) is 6.04 Å². The minimum absolute atomic E-state index is 0.585. The fraction of sp³-hybridized carbons (Fsp3) is 0.500. The van der Waals surface area contributed by atoms with Crippen molar-refractivity contribution in [1.82, 2.24) is 10.3 Å². The smallest absolute Gasteiger partial charge is 0.0346 e. The van der Waals surface area contributed by atoms with E-state index in [-0.39, 0.29) is 0 Å². The van der Waals surface area contributed by atoms with Gasteiger partial charge in [0, 0.05) is 30.4 Å². The molecule has 0 aliphatic heterocycles. The van der Waals surface area contributed by atoms with E-state index in [1.165, 1.54) is 35.6 Å². The highest BCUT2D eigenvalue weighted by molar-refractivity contribution is 5.81. The molecule has 0 aliphatic rings. The lowest BCUT2D eigenvalue weighted by atomic mass is 10.0. The summed E-state index contributed by atoms with van der Waals surface area (Å²) < 4.78 is 0. The molecule has 0 radical (unpaired) electrons. The van der Waals surface area contributed by atoms with Gasteiger partial charge in [0.15, 0.2) is 0 Å². The molecule has 1 atom stereocenters. The van der Waals surface area contributed by atoms with E-state index in [4.69, 9.17) is 0 Å². The van der Waals surface area contributed by atoms with Crippen LogP contribution >= 0.6 is 0 Å². The molecule has 1 aromatic heterocycles. The Morgan fingerprint density at radius 3 is 2.70 bits per heavy atom. The minimum Gasteiger partial charge on any atom is -0.310 e. The first-order valence-corrected chi connectivity index (χ1v) is 7.71. The third-order valence-corrected chi connectivity index (χ3v) is 3.78. The van der Waals surface area contributed by atoms with E-state index >= 15 is 0 Å². The number of fused-ring (bicyclic) bond motifs is 1. The summed E-state index contributed by atoms with van der Waals surface area (Å²) in [5, 5.41) is 6.10. The van der Waals surface area contributed by atoms with Gasteiger partial charge in [-0.3, -0.25) is 4.98 Å². The van der Waals surface area contributed by atoms with Crippen molar-refractivity contribution in [1.29, 1.82) is 0 Å². The maximum absolute atomic E-state index is 4.15. The van der Waals surface area contributed by atoms with Gasteiger partial charge in [-0.15, -0.1) is 0 Å². The second-order valence-corrected chi connectivity index (χ2v) is 6.16. The lowest BCUT2D eigenvalue weighted by Crippen LogP contribution is -2.25. The predicted molar refractivity (Wildman–Crippen MR) is 86.7 cm³/mol. The van der Waals surface area contributed by atoms with Gasteiger partial charge in [0.2, 0.25) is 0 Å². The van der Waals surface area contributed by atoms with Crippen LogP contribution in [0.1, 0.15) is 45.6 Å². The summed E-state index contributed by atoms with van der Waals surface area (Å²) in [6.07, 6.45) is 7.68. The Hall–Kier alpha value is -1.41. The molecule has 0 aliphatic carbocycles. The molecule has 2 rings (SSSR count). The fourth-order valence-electron chi connectivity index (χ4n) is 2.47. The molecule has 1 N–H and O–H groups in total. The normalized spacial score (nSPS) is 13.0. The van der Waals surface area contributed by atoms with Crippen LogP contribution in [0.3, 0.4) is 0 Å². The Morgan fingerprint density at radius 2 is 1.90 bits per heavy atom. The van der Waals surface area contributed by atoms with Crippen molar-refractivity contribution in [2.75, 3.05) is 0 Å². The van der Waals surface area contributed by atoms with Crippen LogP contribution in [0.25, 0.3) is 10.8 Å². The monoisotopic (exact) mass is 270 g/mol.